The first-order valence-electron chi connectivity index (χ1n) is 7.47. The summed E-state index contributed by atoms with van der Waals surface area (Å²) in [5, 5.41) is 4.74. The van der Waals surface area contributed by atoms with Gasteiger partial charge in [-0.3, -0.25) is 0 Å². The van der Waals surface area contributed by atoms with Gasteiger partial charge in [0.25, 0.3) is 0 Å². The van der Waals surface area contributed by atoms with Crippen molar-refractivity contribution in [3.8, 4) is 5.75 Å². The van der Waals surface area contributed by atoms with Crippen molar-refractivity contribution >= 4 is 28.9 Å². The highest BCUT2D eigenvalue weighted by Crippen LogP contribution is 2.17. The second-order valence-electron chi connectivity index (χ2n) is 5.63. The molecule has 0 spiro atoms. The lowest BCUT2D eigenvalue weighted by atomic mass is 10.3. The van der Waals surface area contributed by atoms with Crippen LogP contribution in [0.4, 0.5) is 0 Å². The summed E-state index contributed by atoms with van der Waals surface area (Å²) in [6.45, 7) is 7.33. The smallest absolute Gasteiger partial charge is 0.169 e. The van der Waals surface area contributed by atoms with Gasteiger partial charge in [0.05, 0.1) is 6.54 Å². The molecule has 0 radical (unpaired) electrons. The van der Waals surface area contributed by atoms with Gasteiger partial charge in [-0.1, -0.05) is 17.7 Å². The van der Waals surface area contributed by atoms with E-state index < -0.39 is 0 Å². The molecule has 4 nitrogen and oxygen atoms in total. The molecular weight excluding hydrogens is 318 g/mol. The molecule has 0 aliphatic rings. The molecule has 124 valence electrons. The van der Waals surface area contributed by atoms with Crippen molar-refractivity contribution in [2.45, 2.75) is 19.9 Å². The van der Waals surface area contributed by atoms with E-state index >= 15 is 0 Å². The van der Waals surface area contributed by atoms with Crippen LogP contribution in [-0.2, 0) is 0 Å². The van der Waals surface area contributed by atoms with Crippen LogP contribution in [0.3, 0.4) is 0 Å². The minimum atomic E-state index is 0.322. The maximum Gasteiger partial charge on any atom is 0.169 e. The number of hydrogen-bond acceptors (Lipinski definition) is 3. The number of hydrogen-bond donors (Lipinski definition) is 1. The highest BCUT2D eigenvalue weighted by atomic mass is 35.5. The minimum absolute atomic E-state index is 0.322. The van der Waals surface area contributed by atoms with Crippen molar-refractivity contribution in [2.75, 3.05) is 40.3 Å². The number of thiocarbonyl (C=S) groups is 1. The fourth-order valence-electron chi connectivity index (χ4n) is 1.90. The zero-order valence-corrected chi connectivity index (χ0v) is 15.4. The maximum absolute atomic E-state index is 5.94. The van der Waals surface area contributed by atoms with Gasteiger partial charge in [0.2, 0.25) is 0 Å². The standard InChI is InChI=1S/C16H26ClN3OS/c1-13(2)20(16(22)18-8-9-19(3)4)10-11-21-15-7-5-6-14(17)12-15/h5-7,12-13H,8-11H2,1-4H3,(H,18,22). The molecule has 1 aromatic rings. The van der Waals surface area contributed by atoms with Crippen molar-refractivity contribution in [1.29, 1.82) is 0 Å². The van der Waals surface area contributed by atoms with E-state index in [2.05, 4.69) is 29.0 Å². The number of rotatable bonds is 8. The molecule has 1 aromatic carbocycles. The third-order valence-electron chi connectivity index (χ3n) is 3.12. The Morgan fingerprint density at radius 3 is 2.64 bits per heavy atom. The monoisotopic (exact) mass is 343 g/mol. The fourth-order valence-corrected chi connectivity index (χ4v) is 2.49. The number of halogens is 1. The topological polar surface area (TPSA) is 27.7 Å². The first kappa shape index (κ1) is 19.0. The molecule has 22 heavy (non-hydrogen) atoms. The van der Waals surface area contributed by atoms with Gasteiger partial charge < -0.3 is 19.9 Å². The van der Waals surface area contributed by atoms with Crippen LogP contribution >= 0.6 is 23.8 Å². The van der Waals surface area contributed by atoms with E-state index in [1.165, 1.54) is 0 Å². The van der Waals surface area contributed by atoms with E-state index in [4.69, 9.17) is 28.6 Å². The summed E-state index contributed by atoms with van der Waals surface area (Å²) in [7, 11) is 4.09. The first-order chi connectivity index (χ1) is 10.4. The Kier molecular flexibility index (Phi) is 8.53. The largest absolute Gasteiger partial charge is 0.492 e. The normalized spacial score (nSPS) is 10.9. The molecule has 0 fully saturated rings. The molecule has 0 amide bonds. The first-order valence-corrected chi connectivity index (χ1v) is 8.26. The summed E-state index contributed by atoms with van der Waals surface area (Å²) < 4.78 is 5.74. The van der Waals surface area contributed by atoms with Crippen molar-refractivity contribution in [1.82, 2.24) is 15.1 Å². The Balaban J connectivity index is 2.42. The predicted molar refractivity (Wildman–Crippen MR) is 97.9 cm³/mol. The van der Waals surface area contributed by atoms with Crippen molar-refractivity contribution in [2.24, 2.45) is 0 Å². The van der Waals surface area contributed by atoms with Crippen molar-refractivity contribution in [3.05, 3.63) is 29.3 Å². The zero-order valence-electron chi connectivity index (χ0n) is 13.8. The summed E-state index contributed by atoms with van der Waals surface area (Å²) in [6.07, 6.45) is 0. The number of nitrogens with one attached hydrogen (secondary N) is 1. The quantitative estimate of drug-likeness (QED) is 0.733. The molecule has 6 heteroatoms. The van der Waals surface area contributed by atoms with Crippen LogP contribution in [0.5, 0.6) is 5.75 Å². The highest BCUT2D eigenvalue weighted by molar-refractivity contribution is 7.80. The number of benzene rings is 1. The molecule has 1 rings (SSSR count). The van der Waals surface area contributed by atoms with Crippen molar-refractivity contribution < 1.29 is 4.74 Å². The van der Waals surface area contributed by atoms with Crippen molar-refractivity contribution in [3.63, 3.8) is 0 Å². The molecule has 0 bridgehead atoms. The molecule has 0 aliphatic heterocycles. The summed E-state index contributed by atoms with van der Waals surface area (Å²) in [6, 6.07) is 7.75. The van der Waals surface area contributed by atoms with Crippen LogP contribution in [0.15, 0.2) is 24.3 Å². The molecule has 0 aromatic heterocycles. The number of nitrogens with zero attached hydrogens (tertiary/aromatic N) is 2. The average Bonchev–Trinajstić information content (AvgIpc) is 2.42. The molecule has 1 N–H and O–H groups in total. The predicted octanol–water partition coefficient (Wildman–Crippen LogP) is 2.87. The summed E-state index contributed by atoms with van der Waals surface area (Å²) in [5.41, 5.74) is 0. The molecule has 0 unspecified atom stereocenters. The number of ether oxygens (including phenoxy) is 1. The second kappa shape index (κ2) is 9.87. The van der Waals surface area contributed by atoms with Crippen LogP contribution in [0, 0.1) is 0 Å². The van der Waals surface area contributed by atoms with E-state index in [-0.39, 0.29) is 0 Å². The van der Waals surface area contributed by atoms with Gasteiger partial charge in [-0.2, -0.15) is 0 Å². The third kappa shape index (κ3) is 7.29. The average molecular weight is 344 g/mol. The summed E-state index contributed by atoms with van der Waals surface area (Å²) >= 11 is 11.4. The Hall–Kier alpha value is -1.04. The van der Waals surface area contributed by atoms with E-state index in [1.807, 2.05) is 38.4 Å². The Morgan fingerprint density at radius 2 is 2.05 bits per heavy atom. The molecule has 0 aliphatic carbocycles. The molecule has 0 saturated heterocycles. The molecule has 0 heterocycles. The fraction of sp³-hybridized carbons (Fsp3) is 0.562. The van der Waals surface area contributed by atoms with Gasteiger partial charge in [0, 0.05) is 24.2 Å². The van der Waals surface area contributed by atoms with E-state index in [1.54, 1.807) is 0 Å². The lowest BCUT2D eigenvalue weighted by molar-refractivity contribution is 0.245. The second-order valence-corrected chi connectivity index (χ2v) is 6.45. The third-order valence-corrected chi connectivity index (χ3v) is 3.73. The summed E-state index contributed by atoms with van der Waals surface area (Å²) in [5.74, 6) is 0.780. The van der Waals surface area contributed by atoms with Crippen LogP contribution in [0.25, 0.3) is 0 Å². The molecular formula is C16H26ClN3OS. The van der Waals surface area contributed by atoms with Gasteiger partial charge in [-0.15, -0.1) is 0 Å². The zero-order chi connectivity index (χ0) is 16.5. The Morgan fingerprint density at radius 1 is 1.32 bits per heavy atom. The maximum atomic E-state index is 5.94. The van der Waals surface area contributed by atoms with E-state index in [0.717, 1.165) is 30.5 Å². The molecule has 0 saturated carbocycles. The minimum Gasteiger partial charge on any atom is -0.492 e. The Bertz CT molecular complexity index is 468. The number of likely N-dealkylation sites (N-methyl/N-ethyl adjacent to an activating group) is 1. The SMILES string of the molecule is CC(C)N(CCOc1cccc(Cl)c1)C(=S)NCCN(C)C. The molecule has 0 atom stereocenters. The highest BCUT2D eigenvalue weighted by Gasteiger charge is 2.13. The van der Waals surface area contributed by atoms with Gasteiger partial charge in [0.15, 0.2) is 5.11 Å². The van der Waals surface area contributed by atoms with Crippen LogP contribution in [0.1, 0.15) is 13.8 Å². The lowest BCUT2D eigenvalue weighted by Crippen LogP contribution is -2.47. The van der Waals surface area contributed by atoms with Gasteiger partial charge in [-0.05, 0) is 58.4 Å². The van der Waals surface area contributed by atoms with Crippen LogP contribution in [0.2, 0.25) is 5.02 Å². The van der Waals surface area contributed by atoms with Crippen LogP contribution < -0.4 is 10.1 Å². The van der Waals surface area contributed by atoms with E-state index in [0.29, 0.717) is 17.7 Å². The lowest BCUT2D eigenvalue weighted by Gasteiger charge is -2.30. The Labute approximate surface area is 144 Å². The van der Waals surface area contributed by atoms with Gasteiger partial charge in [0.1, 0.15) is 12.4 Å². The van der Waals surface area contributed by atoms with Gasteiger partial charge >= 0.3 is 0 Å². The van der Waals surface area contributed by atoms with Gasteiger partial charge in [-0.25, -0.2) is 0 Å². The van der Waals surface area contributed by atoms with Crippen LogP contribution in [-0.4, -0.2) is 61.3 Å². The van der Waals surface area contributed by atoms with E-state index in [9.17, 15) is 0 Å². The summed E-state index contributed by atoms with van der Waals surface area (Å²) in [4.78, 5) is 4.26.